The van der Waals surface area contributed by atoms with Crippen LogP contribution in [0.4, 0.5) is 0 Å². The van der Waals surface area contributed by atoms with Gasteiger partial charge in [-0.15, -0.1) is 0 Å². The first kappa shape index (κ1) is 55.4. The number of unbranched alkanes of at least 4 members (excludes halogenated alkanes) is 16. The van der Waals surface area contributed by atoms with E-state index in [9.17, 15) is 47.5 Å². The quantitative estimate of drug-likeness (QED) is 0.0453. The van der Waals surface area contributed by atoms with Gasteiger partial charge in [-0.05, 0) is 25.7 Å². The monoisotopic (exact) mass is 879 g/mol. The number of aliphatic hydroxyl groups excluding tert-OH is 8. The average Bonchev–Trinajstić information content (AvgIpc) is 3.69. The second-order valence-corrected chi connectivity index (χ2v) is 20.0. The molecule has 2 rings (SSSR count). The van der Waals surface area contributed by atoms with E-state index in [0.29, 0.717) is 26.2 Å². The van der Waals surface area contributed by atoms with Gasteiger partial charge in [-0.1, -0.05) is 130 Å². The maximum atomic E-state index is 13.3. The molecule has 348 valence electrons. The van der Waals surface area contributed by atoms with E-state index in [2.05, 4.69) is 27.7 Å². The van der Waals surface area contributed by atoms with Crippen molar-refractivity contribution in [1.82, 2.24) is 8.61 Å². The highest BCUT2D eigenvalue weighted by atomic mass is 32.2. The molecule has 2 aliphatic heterocycles. The van der Waals surface area contributed by atoms with Crippen LogP contribution >= 0.6 is 0 Å². The van der Waals surface area contributed by atoms with E-state index in [1.165, 1.54) is 21.5 Å². The lowest BCUT2D eigenvalue weighted by Crippen LogP contribution is -2.45. The summed E-state index contributed by atoms with van der Waals surface area (Å²) in [7, 11) is -8.07. The van der Waals surface area contributed by atoms with Gasteiger partial charge < -0.3 is 50.3 Å². The van der Waals surface area contributed by atoms with Crippen LogP contribution in [0.2, 0.25) is 0 Å². The molecule has 2 heterocycles. The summed E-state index contributed by atoms with van der Waals surface area (Å²) in [6.45, 7) is 8.44. The summed E-state index contributed by atoms with van der Waals surface area (Å²) in [4.78, 5) is 0. The highest BCUT2D eigenvalue weighted by molar-refractivity contribution is 7.89. The van der Waals surface area contributed by atoms with Crippen molar-refractivity contribution in [3.63, 3.8) is 0 Å². The van der Waals surface area contributed by atoms with Crippen LogP contribution in [0.15, 0.2) is 0 Å². The normalized spacial score (nSPS) is 26.3. The molecule has 58 heavy (non-hydrogen) atoms. The Labute approximate surface area is 350 Å². The number of hydrogen-bond acceptors (Lipinski definition) is 14. The fourth-order valence-electron chi connectivity index (χ4n) is 7.27. The molecule has 16 nitrogen and oxygen atoms in total. The molecule has 0 aromatic rings. The van der Waals surface area contributed by atoms with Gasteiger partial charge in [0, 0.05) is 26.2 Å². The largest absolute Gasteiger partial charge is 0.394 e. The summed E-state index contributed by atoms with van der Waals surface area (Å²) in [6.07, 6.45) is 7.67. The van der Waals surface area contributed by atoms with Gasteiger partial charge in [0.2, 0.25) is 30.9 Å². The Bertz CT molecular complexity index is 1220. The van der Waals surface area contributed by atoms with E-state index in [4.69, 9.17) is 19.7 Å². The molecule has 10 atom stereocenters. The minimum Gasteiger partial charge on any atom is -0.394 e. The highest BCUT2D eigenvalue weighted by Gasteiger charge is 2.54. The molecule has 0 radical (unpaired) electrons. The summed E-state index contributed by atoms with van der Waals surface area (Å²) >= 11 is 0. The van der Waals surface area contributed by atoms with Crippen molar-refractivity contribution < 1.29 is 67.2 Å². The topological polar surface area (TPSA) is 255 Å². The van der Waals surface area contributed by atoms with Crippen molar-refractivity contribution in [1.29, 1.82) is 0 Å². The minimum atomic E-state index is -4.04. The third-order valence-corrected chi connectivity index (χ3v) is 15.1. The Kier molecular flexibility index (Phi) is 29.1. The SMILES string of the molecule is CCCCCCCCN(CCCCCCCC)S(=O)(=O)[C@@H]1O[C@@H]([C@H](O)CO)[C@H](O)[C@H]1O.CCCCCCN(CCCCCC)S(=O)(=O)[C@@H]1O[C@@H]([C@H](O)CO)[C@H](O)[C@H]1O. The molecule has 2 aliphatic rings. The molecule has 0 aromatic heterocycles. The standard InChI is InChI=1S/C22H45NO7S.C18H37NO7S/c1-3-5-7-9-11-13-15-23(16-14-12-10-8-6-4-2)31(28,29)22-20(27)19(26)21(30-22)18(25)17-24;1-3-5-7-9-11-19(12-10-8-6-4-2)27(24,25)18-16(23)15(22)17(26-18)14(21)13-20/h18-22,24-27H,3-17H2,1-2H3;14-18,20-23H,3-13H2,1-2H3/t18-,19-,20-,21+,22+;14-,15-,16-,17+,18+/m11/s1. The van der Waals surface area contributed by atoms with Gasteiger partial charge in [0.05, 0.1) is 13.2 Å². The van der Waals surface area contributed by atoms with Crippen LogP contribution in [-0.2, 0) is 29.5 Å². The Morgan fingerprint density at radius 2 is 0.672 bits per heavy atom. The third kappa shape index (κ3) is 18.0. The summed E-state index contributed by atoms with van der Waals surface area (Å²) in [5.41, 5.74) is -3.29. The lowest BCUT2D eigenvalue weighted by molar-refractivity contribution is -0.0724. The average molecular weight is 879 g/mol. The van der Waals surface area contributed by atoms with Crippen LogP contribution < -0.4 is 0 Å². The van der Waals surface area contributed by atoms with E-state index < -0.39 is 93.0 Å². The van der Waals surface area contributed by atoms with E-state index in [1.807, 2.05) is 0 Å². The van der Waals surface area contributed by atoms with Gasteiger partial charge >= 0.3 is 0 Å². The summed E-state index contributed by atoms with van der Waals surface area (Å²) in [5, 5.41) is 78.4. The van der Waals surface area contributed by atoms with Gasteiger partial charge in [-0.25, -0.2) is 16.8 Å². The van der Waals surface area contributed by atoms with Gasteiger partial charge in [0.15, 0.2) is 0 Å². The Morgan fingerprint density at radius 1 is 0.431 bits per heavy atom. The van der Waals surface area contributed by atoms with Crippen molar-refractivity contribution in [2.24, 2.45) is 0 Å². The number of ether oxygens (including phenoxy) is 2. The Balaban J connectivity index is 0.000000586. The van der Waals surface area contributed by atoms with Gasteiger partial charge in [0.25, 0.3) is 0 Å². The van der Waals surface area contributed by atoms with Gasteiger partial charge in [0.1, 0.15) is 48.8 Å². The van der Waals surface area contributed by atoms with Crippen LogP contribution in [0.1, 0.15) is 156 Å². The van der Waals surface area contributed by atoms with E-state index >= 15 is 0 Å². The molecule has 2 saturated heterocycles. The van der Waals surface area contributed by atoms with Crippen LogP contribution in [-0.4, -0.2) is 165 Å². The highest BCUT2D eigenvalue weighted by Crippen LogP contribution is 2.31. The van der Waals surface area contributed by atoms with Gasteiger partial charge in [-0.3, -0.25) is 0 Å². The van der Waals surface area contributed by atoms with Crippen LogP contribution in [0, 0.1) is 0 Å². The number of rotatable bonds is 32. The molecule has 0 aromatic carbocycles. The maximum absolute atomic E-state index is 13.3. The van der Waals surface area contributed by atoms with Crippen molar-refractivity contribution >= 4 is 20.0 Å². The second kappa shape index (κ2) is 30.5. The summed E-state index contributed by atoms with van der Waals surface area (Å²) < 4.78 is 66.0. The number of sulfonamides is 2. The molecule has 18 heteroatoms. The molecule has 0 spiro atoms. The van der Waals surface area contributed by atoms with Crippen molar-refractivity contribution in [2.75, 3.05) is 39.4 Å². The first-order valence-electron chi connectivity index (χ1n) is 22.2. The predicted molar refractivity (Wildman–Crippen MR) is 224 cm³/mol. The first-order chi connectivity index (χ1) is 27.6. The molecule has 0 amide bonds. The maximum Gasteiger partial charge on any atom is 0.244 e. The lowest BCUT2D eigenvalue weighted by Gasteiger charge is -2.27. The second-order valence-electron chi connectivity index (χ2n) is 15.9. The van der Waals surface area contributed by atoms with Crippen molar-refractivity contribution in [3.8, 4) is 0 Å². The minimum absolute atomic E-state index is 0.338. The van der Waals surface area contributed by atoms with E-state index in [-0.39, 0.29) is 0 Å². The smallest absolute Gasteiger partial charge is 0.244 e. The molecule has 0 saturated carbocycles. The molecular formula is C40H82N2O14S2. The fourth-order valence-corrected chi connectivity index (χ4v) is 11.0. The van der Waals surface area contributed by atoms with Crippen molar-refractivity contribution in [2.45, 2.75) is 216 Å². The Hall–Kier alpha value is -0.580. The zero-order valence-electron chi connectivity index (χ0n) is 35.9. The Morgan fingerprint density at radius 3 is 0.931 bits per heavy atom. The number of hydrogen-bond donors (Lipinski definition) is 8. The number of nitrogens with zero attached hydrogens (tertiary/aromatic N) is 2. The molecule has 2 fully saturated rings. The van der Waals surface area contributed by atoms with Crippen molar-refractivity contribution in [3.05, 3.63) is 0 Å². The van der Waals surface area contributed by atoms with Crippen LogP contribution in [0.3, 0.4) is 0 Å². The van der Waals surface area contributed by atoms with Crippen LogP contribution in [0.25, 0.3) is 0 Å². The number of aliphatic hydroxyl groups is 8. The lowest BCUT2D eigenvalue weighted by atomic mass is 10.1. The summed E-state index contributed by atoms with van der Waals surface area (Å²) in [6, 6.07) is 0. The van der Waals surface area contributed by atoms with E-state index in [1.54, 1.807) is 0 Å². The predicted octanol–water partition coefficient (Wildman–Crippen LogP) is 2.72. The van der Waals surface area contributed by atoms with Gasteiger partial charge in [-0.2, -0.15) is 8.61 Å². The first-order valence-corrected chi connectivity index (χ1v) is 25.2. The molecule has 0 aliphatic carbocycles. The van der Waals surface area contributed by atoms with E-state index in [0.717, 1.165) is 116 Å². The molecule has 0 bridgehead atoms. The van der Waals surface area contributed by atoms with Crippen LogP contribution in [0.5, 0.6) is 0 Å². The zero-order valence-corrected chi connectivity index (χ0v) is 37.5. The fraction of sp³-hybridized carbons (Fsp3) is 1.00. The zero-order chi connectivity index (χ0) is 43.7. The molecular weight excluding hydrogens is 797 g/mol. The molecule has 0 unspecified atom stereocenters. The third-order valence-electron chi connectivity index (χ3n) is 11.0. The summed E-state index contributed by atoms with van der Waals surface area (Å²) in [5.74, 6) is 0. The molecule has 8 N–H and O–H groups in total.